The van der Waals surface area contributed by atoms with E-state index in [1.165, 1.54) is 29.2 Å². The number of fused-ring (bicyclic) bond motifs is 1. The molecule has 23 heavy (non-hydrogen) atoms. The number of hydrogen-bond donors (Lipinski definition) is 2. The summed E-state index contributed by atoms with van der Waals surface area (Å²) in [6.07, 6.45) is 3.32. The maximum absolute atomic E-state index is 12.7. The first kappa shape index (κ1) is 14.7. The molecule has 3 unspecified atom stereocenters. The van der Waals surface area contributed by atoms with Gasteiger partial charge in [0.15, 0.2) is 0 Å². The van der Waals surface area contributed by atoms with Crippen LogP contribution in [0.15, 0.2) is 42.5 Å². The number of carbonyl (C=O) groups is 1. The number of nitrogens with one attached hydrogen (secondary N) is 1. The minimum absolute atomic E-state index is 0.102. The van der Waals surface area contributed by atoms with Crippen LogP contribution in [-0.4, -0.2) is 18.0 Å². The van der Waals surface area contributed by atoms with Crippen molar-refractivity contribution in [3.63, 3.8) is 0 Å². The van der Waals surface area contributed by atoms with Crippen LogP contribution in [-0.2, 0) is 4.79 Å². The van der Waals surface area contributed by atoms with Gasteiger partial charge in [0, 0.05) is 12.5 Å². The highest BCUT2D eigenvalue weighted by atomic mass is 16.2. The molecule has 0 aromatic heterocycles. The fraction of sp³-hybridized carbons (Fsp3) is 0.450. The Kier molecular flexibility index (Phi) is 3.42. The van der Waals surface area contributed by atoms with Crippen LogP contribution in [0.25, 0.3) is 10.8 Å². The Hall–Kier alpha value is -1.87. The molecule has 3 atom stereocenters. The summed E-state index contributed by atoms with van der Waals surface area (Å²) in [4.78, 5) is 12.7. The molecule has 3 heteroatoms. The summed E-state index contributed by atoms with van der Waals surface area (Å²) >= 11 is 0. The second-order valence-electron chi connectivity index (χ2n) is 7.40. The molecule has 120 valence electrons. The van der Waals surface area contributed by atoms with Crippen molar-refractivity contribution in [2.75, 3.05) is 6.54 Å². The van der Waals surface area contributed by atoms with Crippen LogP contribution < -0.4 is 11.1 Å². The van der Waals surface area contributed by atoms with Gasteiger partial charge >= 0.3 is 0 Å². The molecule has 0 radical (unpaired) electrons. The number of hydrogen-bond acceptors (Lipinski definition) is 2. The highest BCUT2D eigenvalue weighted by Gasteiger charge is 2.48. The van der Waals surface area contributed by atoms with Gasteiger partial charge in [-0.25, -0.2) is 0 Å². The van der Waals surface area contributed by atoms with Gasteiger partial charge < -0.3 is 11.1 Å². The quantitative estimate of drug-likeness (QED) is 0.891. The molecule has 2 fully saturated rings. The Morgan fingerprint density at radius 1 is 1.22 bits per heavy atom. The highest BCUT2D eigenvalue weighted by Crippen LogP contribution is 2.50. The summed E-state index contributed by atoms with van der Waals surface area (Å²) in [7, 11) is 0. The van der Waals surface area contributed by atoms with E-state index in [0.29, 0.717) is 18.4 Å². The van der Waals surface area contributed by atoms with Gasteiger partial charge in [-0.15, -0.1) is 0 Å². The summed E-state index contributed by atoms with van der Waals surface area (Å²) in [5, 5.41) is 5.78. The first-order valence-corrected chi connectivity index (χ1v) is 8.62. The standard InChI is InChI=1S/C20H24N2O/c1-20(12-21,14-9-10-14)22-19(23)18-11-17(18)16-8-4-6-13-5-2-3-7-15(13)16/h2-8,14,17-18H,9-12,21H2,1H3,(H,22,23). The van der Waals surface area contributed by atoms with Gasteiger partial charge in [-0.05, 0) is 54.4 Å². The fourth-order valence-corrected chi connectivity index (χ4v) is 3.82. The van der Waals surface area contributed by atoms with Crippen molar-refractivity contribution in [2.45, 2.75) is 37.6 Å². The molecular formula is C20H24N2O. The predicted molar refractivity (Wildman–Crippen MR) is 93.1 cm³/mol. The first-order valence-electron chi connectivity index (χ1n) is 8.62. The minimum Gasteiger partial charge on any atom is -0.349 e. The number of amides is 1. The van der Waals surface area contributed by atoms with Crippen molar-refractivity contribution in [1.82, 2.24) is 5.32 Å². The Morgan fingerprint density at radius 2 is 1.96 bits per heavy atom. The second-order valence-corrected chi connectivity index (χ2v) is 7.40. The van der Waals surface area contributed by atoms with E-state index in [1.54, 1.807) is 0 Å². The van der Waals surface area contributed by atoms with E-state index in [-0.39, 0.29) is 17.4 Å². The maximum atomic E-state index is 12.7. The van der Waals surface area contributed by atoms with Crippen LogP contribution in [0.5, 0.6) is 0 Å². The lowest BCUT2D eigenvalue weighted by molar-refractivity contribution is -0.124. The third-order valence-electron chi connectivity index (χ3n) is 5.66. The molecule has 2 aliphatic rings. The molecule has 4 rings (SSSR count). The normalized spacial score (nSPS) is 25.8. The zero-order chi connectivity index (χ0) is 16.0. The molecule has 2 saturated carbocycles. The number of carbonyl (C=O) groups excluding carboxylic acids is 1. The van der Waals surface area contributed by atoms with Gasteiger partial charge in [-0.3, -0.25) is 4.79 Å². The van der Waals surface area contributed by atoms with E-state index >= 15 is 0 Å². The van der Waals surface area contributed by atoms with Crippen LogP contribution in [0, 0.1) is 11.8 Å². The smallest absolute Gasteiger partial charge is 0.224 e. The van der Waals surface area contributed by atoms with Crippen LogP contribution in [0.3, 0.4) is 0 Å². The highest BCUT2D eigenvalue weighted by molar-refractivity contribution is 5.89. The molecule has 3 N–H and O–H groups in total. The van der Waals surface area contributed by atoms with Gasteiger partial charge in [-0.1, -0.05) is 42.5 Å². The largest absolute Gasteiger partial charge is 0.349 e. The van der Waals surface area contributed by atoms with Crippen molar-refractivity contribution in [1.29, 1.82) is 0 Å². The Labute approximate surface area is 137 Å². The average Bonchev–Trinajstić information content (AvgIpc) is 3.47. The Bertz CT molecular complexity index is 747. The summed E-state index contributed by atoms with van der Waals surface area (Å²) in [6.45, 7) is 2.62. The van der Waals surface area contributed by atoms with Crippen molar-refractivity contribution < 1.29 is 4.79 Å². The van der Waals surface area contributed by atoms with Crippen molar-refractivity contribution in [2.24, 2.45) is 17.6 Å². The fourth-order valence-electron chi connectivity index (χ4n) is 3.82. The topological polar surface area (TPSA) is 55.1 Å². The van der Waals surface area contributed by atoms with Crippen LogP contribution in [0.4, 0.5) is 0 Å². The SMILES string of the molecule is CC(CN)(NC(=O)C1CC1c1cccc2ccccc12)C1CC1. The minimum atomic E-state index is -0.219. The lowest BCUT2D eigenvalue weighted by atomic mass is 9.95. The molecule has 2 aliphatic carbocycles. The Morgan fingerprint density at radius 3 is 2.70 bits per heavy atom. The molecule has 2 aromatic carbocycles. The molecule has 1 amide bonds. The summed E-state index contributed by atoms with van der Waals surface area (Å²) in [6, 6.07) is 14.8. The number of rotatable bonds is 5. The number of nitrogens with two attached hydrogens (primary N) is 1. The van der Waals surface area contributed by atoms with Crippen LogP contribution in [0.2, 0.25) is 0 Å². The molecule has 0 heterocycles. The van der Waals surface area contributed by atoms with E-state index in [9.17, 15) is 4.79 Å². The molecule has 0 bridgehead atoms. The van der Waals surface area contributed by atoms with Crippen molar-refractivity contribution >= 4 is 16.7 Å². The maximum Gasteiger partial charge on any atom is 0.224 e. The van der Waals surface area contributed by atoms with Gasteiger partial charge in [-0.2, -0.15) is 0 Å². The van der Waals surface area contributed by atoms with E-state index in [0.717, 1.165) is 6.42 Å². The first-order chi connectivity index (χ1) is 11.1. The molecule has 2 aromatic rings. The van der Waals surface area contributed by atoms with Gasteiger partial charge in [0.25, 0.3) is 0 Å². The van der Waals surface area contributed by atoms with E-state index in [2.05, 4.69) is 54.7 Å². The average molecular weight is 308 g/mol. The summed E-state index contributed by atoms with van der Waals surface area (Å²) in [5.74, 6) is 1.20. The number of benzene rings is 2. The molecular weight excluding hydrogens is 284 g/mol. The second kappa shape index (κ2) is 5.34. The van der Waals surface area contributed by atoms with Gasteiger partial charge in [0.05, 0.1) is 5.54 Å². The molecule has 0 spiro atoms. The molecule has 3 nitrogen and oxygen atoms in total. The monoisotopic (exact) mass is 308 g/mol. The summed E-state index contributed by atoms with van der Waals surface area (Å²) in [5.41, 5.74) is 7.01. The van der Waals surface area contributed by atoms with E-state index in [1.807, 2.05) is 0 Å². The van der Waals surface area contributed by atoms with Crippen LogP contribution in [0.1, 0.15) is 37.7 Å². The summed E-state index contributed by atoms with van der Waals surface area (Å²) < 4.78 is 0. The lowest BCUT2D eigenvalue weighted by Crippen LogP contribution is -2.53. The Balaban J connectivity index is 1.52. The van der Waals surface area contributed by atoms with E-state index in [4.69, 9.17) is 5.73 Å². The zero-order valence-electron chi connectivity index (χ0n) is 13.6. The lowest BCUT2D eigenvalue weighted by Gasteiger charge is -2.29. The van der Waals surface area contributed by atoms with Crippen molar-refractivity contribution in [3.05, 3.63) is 48.0 Å². The third kappa shape index (κ3) is 2.63. The van der Waals surface area contributed by atoms with Crippen molar-refractivity contribution in [3.8, 4) is 0 Å². The van der Waals surface area contributed by atoms with Crippen LogP contribution >= 0.6 is 0 Å². The molecule has 0 saturated heterocycles. The van der Waals surface area contributed by atoms with Gasteiger partial charge in [0.2, 0.25) is 5.91 Å². The zero-order valence-corrected chi connectivity index (χ0v) is 13.6. The molecule has 0 aliphatic heterocycles. The third-order valence-corrected chi connectivity index (χ3v) is 5.66. The van der Waals surface area contributed by atoms with E-state index < -0.39 is 0 Å². The van der Waals surface area contributed by atoms with Gasteiger partial charge in [0.1, 0.15) is 0 Å². The predicted octanol–water partition coefficient (Wildman–Crippen LogP) is 3.19.